The number of rotatable bonds is 2. The van der Waals surface area contributed by atoms with Gasteiger partial charge in [-0.1, -0.05) is 12.1 Å². The molecule has 0 radical (unpaired) electrons. The third-order valence-corrected chi connectivity index (χ3v) is 3.22. The molecule has 1 aromatic heterocycles. The number of fused-ring (bicyclic) bond motifs is 1. The molecule has 0 aliphatic carbocycles. The van der Waals surface area contributed by atoms with Gasteiger partial charge in [-0.25, -0.2) is 9.37 Å². The minimum atomic E-state index is -0.400. The van der Waals surface area contributed by atoms with Crippen LogP contribution in [0.5, 0.6) is 0 Å². The Morgan fingerprint density at radius 3 is 2.74 bits per heavy atom. The van der Waals surface area contributed by atoms with Crippen LogP contribution in [0.1, 0.15) is 6.92 Å². The van der Waals surface area contributed by atoms with Gasteiger partial charge in [0.05, 0.1) is 16.7 Å². The second kappa shape index (κ2) is 4.39. The van der Waals surface area contributed by atoms with Crippen LogP contribution in [-0.2, 0) is 6.54 Å². The van der Waals surface area contributed by atoms with E-state index in [2.05, 4.69) is 16.5 Å². The minimum Gasteiger partial charge on any atom is -0.396 e. The molecule has 0 aliphatic rings. The number of nitrogen functional groups attached to an aromatic ring is 1. The smallest absolute Gasteiger partial charge is 0.146 e. The number of aryl methyl sites for hydroxylation is 1. The highest BCUT2D eigenvalue weighted by molar-refractivity contribution is 5.81. The standard InChI is InChI=1S/C15H14FN3/c1-2-19-14-6-4-3-5-13(14)18-15(19)10-7-8-11(16)12(17)9-10/h3-9H,2,17H2,1H3. The molecule has 2 aromatic carbocycles. The van der Waals surface area contributed by atoms with Gasteiger partial charge in [0.1, 0.15) is 11.6 Å². The van der Waals surface area contributed by atoms with E-state index < -0.39 is 5.82 Å². The highest BCUT2D eigenvalue weighted by Gasteiger charge is 2.12. The Balaban J connectivity index is 2.26. The molecule has 0 atom stereocenters. The molecule has 3 nitrogen and oxygen atoms in total. The summed E-state index contributed by atoms with van der Waals surface area (Å²) in [7, 11) is 0. The van der Waals surface area contributed by atoms with Crippen molar-refractivity contribution < 1.29 is 4.39 Å². The molecule has 0 amide bonds. The Labute approximate surface area is 110 Å². The quantitative estimate of drug-likeness (QED) is 0.713. The Kier molecular flexibility index (Phi) is 2.71. The van der Waals surface area contributed by atoms with Crippen LogP contribution in [0.2, 0.25) is 0 Å². The molecule has 2 N–H and O–H groups in total. The third kappa shape index (κ3) is 1.85. The van der Waals surface area contributed by atoms with E-state index in [0.29, 0.717) is 0 Å². The molecule has 0 saturated carbocycles. The van der Waals surface area contributed by atoms with Gasteiger partial charge in [0.2, 0.25) is 0 Å². The van der Waals surface area contributed by atoms with E-state index in [1.54, 1.807) is 12.1 Å². The van der Waals surface area contributed by atoms with Crippen molar-refractivity contribution in [1.82, 2.24) is 9.55 Å². The van der Waals surface area contributed by atoms with Crippen LogP contribution < -0.4 is 5.73 Å². The number of aromatic nitrogens is 2. The number of anilines is 1. The zero-order valence-corrected chi connectivity index (χ0v) is 10.6. The molecule has 3 rings (SSSR count). The summed E-state index contributed by atoms with van der Waals surface area (Å²) in [6, 6.07) is 12.7. The van der Waals surface area contributed by atoms with Gasteiger partial charge in [-0.2, -0.15) is 0 Å². The molecule has 19 heavy (non-hydrogen) atoms. The van der Waals surface area contributed by atoms with Crippen LogP contribution in [0.3, 0.4) is 0 Å². The van der Waals surface area contributed by atoms with Crippen molar-refractivity contribution >= 4 is 16.7 Å². The number of para-hydroxylation sites is 2. The van der Waals surface area contributed by atoms with E-state index in [1.165, 1.54) is 6.07 Å². The summed E-state index contributed by atoms with van der Waals surface area (Å²) in [6.07, 6.45) is 0. The zero-order chi connectivity index (χ0) is 13.4. The van der Waals surface area contributed by atoms with Gasteiger partial charge in [-0.05, 0) is 37.3 Å². The molecule has 96 valence electrons. The number of nitrogens with two attached hydrogens (primary N) is 1. The predicted octanol–water partition coefficient (Wildman–Crippen LogP) is 3.44. The number of hydrogen-bond donors (Lipinski definition) is 1. The average molecular weight is 255 g/mol. The largest absolute Gasteiger partial charge is 0.396 e. The predicted molar refractivity (Wildman–Crippen MR) is 75.2 cm³/mol. The van der Waals surface area contributed by atoms with Gasteiger partial charge in [0.25, 0.3) is 0 Å². The molecule has 0 unspecified atom stereocenters. The Morgan fingerprint density at radius 1 is 1.21 bits per heavy atom. The molecular formula is C15H14FN3. The summed E-state index contributed by atoms with van der Waals surface area (Å²) in [5, 5.41) is 0. The zero-order valence-electron chi connectivity index (χ0n) is 10.6. The summed E-state index contributed by atoms with van der Waals surface area (Å²) in [5.74, 6) is 0.415. The van der Waals surface area contributed by atoms with Crippen molar-refractivity contribution in [3.05, 3.63) is 48.3 Å². The van der Waals surface area contributed by atoms with Gasteiger partial charge < -0.3 is 10.3 Å². The lowest BCUT2D eigenvalue weighted by atomic mass is 10.2. The lowest BCUT2D eigenvalue weighted by molar-refractivity contribution is 0.632. The van der Waals surface area contributed by atoms with Crippen molar-refractivity contribution in [1.29, 1.82) is 0 Å². The second-order valence-electron chi connectivity index (χ2n) is 4.40. The molecule has 4 heteroatoms. The summed E-state index contributed by atoms with van der Waals surface area (Å²) < 4.78 is 15.3. The van der Waals surface area contributed by atoms with Crippen LogP contribution in [0, 0.1) is 5.82 Å². The lowest BCUT2D eigenvalue weighted by Gasteiger charge is -2.07. The van der Waals surface area contributed by atoms with Gasteiger partial charge in [-0.15, -0.1) is 0 Å². The van der Waals surface area contributed by atoms with Crippen molar-refractivity contribution in [2.75, 3.05) is 5.73 Å². The average Bonchev–Trinajstić information content (AvgIpc) is 2.80. The summed E-state index contributed by atoms with van der Waals surface area (Å²) in [6.45, 7) is 2.86. The van der Waals surface area contributed by atoms with E-state index in [9.17, 15) is 4.39 Å². The maximum Gasteiger partial charge on any atom is 0.146 e. The highest BCUT2D eigenvalue weighted by atomic mass is 19.1. The fourth-order valence-corrected chi connectivity index (χ4v) is 2.30. The minimum absolute atomic E-state index is 0.146. The molecule has 0 spiro atoms. The van der Waals surface area contributed by atoms with E-state index >= 15 is 0 Å². The van der Waals surface area contributed by atoms with Gasteiger partial charge in [0, 0.05) is 12.1 Å². The molecule has 0 fully saturated rings. The van der Waals surface area contributed by atoms with Crippen LogP contribution in [0.25, 0.3) is 22.4 Å². The van der Waals surface area contributed by atoms with Crippen molar-refractivity contribution in [3.8, 4) is 11.4 Å². The van der Waals surface area contributed by atoms with Crippen molar-refractivity contribution in [3.63, 3.8) is 0 Å². The third-order valence-electron chi connectivity index (χ3n) is 3.22. The molecule has 0 bridgehead atoms. The number of imidazole rings is 1. The topological polar surface area (TPSA) is 43.8 Å². The first-order valence-corrected chi connectivity index (χ1v) is 6.21. The number of nitrogens with zero attached hydrogens (tertiary/aromatic N) is 2. The molecular weight excluding hydrogens is 241 g/mol. The first kappa shape index (κ1) is 11.7. The fourth-order valence-electron chi connectivity index (χ4n) is 2.30. The Bertz CT molecular complexity index is 746. The Hall–Kier alpha value is -2.36. The highest BCUT2D eigenvalue weighted by Crippen LogP contribution is 2.26. The number of hydrogen-bond acceptors (Lipinski definition) is 2. The first-order valence-electron chi connectivity index (χ1n) is 6.21. The first-order chi connectivity index (χ1) is 9.20. The summed E-state index contributed by atoms with van der Waals surface area (Å²) in [5.41, 5.74) is 8.61. The van der Waals surface area contributed by atoms with Crippen LogP contribution in [-0.4, -0.2) is 9.55 Å². The fraction of sp³-hybridized carbons (Fsp3) is 0.133. The van der Waals surface area contributed by atoms with Gasteiger partial charge >= 0.3 is 0 Å². The number of benzene rings is 2. The number of halogens is 1. The van der Waals surface area contributed by atoms with Crippen LogP contribution in [0.15, 0.2) is 42.5 Å². The molecule has 1 heterocycles. The van der Waals surface area contributed by atoms with E-state index in [0.717, 1.165) is 29.0 Å². The second-order valence-corrected chi connectivity index (χ2v) is 4.40. The van der Waals surface area contributed by atoms with Crippen molar-refractivity contribution in [2.45, 2.75) is 13.5 Å². The maximum absolute atomic E-state index is 13.2. The summed E-state index contributed by atoms with van der Waals surface area (Å²) >= 11 is 0. The maximum atomic E-state index is 13.2. The molecule has 3 aromatic rings. The van der Waals surface area contributed by atoms with E-state index in [4.69, 9.17) is 5.73 Å². The van der Waals surface area contributed by atoms with E-state index in [-0.39, 0.29) is 5.69 Å². The molecule has 0 aliphatic heterocycles. The summed E-state index contributed by atoms with van der Waals surface area (Å²) in [4.78, 5) is 4.61. The molecule has 0 saturated heterocycles. The van der Waals surface area contributed by atoms with Gasteiger partial charge in [-0.3, -0.25) is 0 Å². The monoisotopic (exact) mass is 255 g/mol. The lowest BCUT2D eigenvalue weighted by Crippen LogP contribution is -1.98. The van der Waals surface area contributed by atoms with Crippen LogP contribution >= 0.6 is 0 Å². The SMILES string of the molecule is CCn1c(-c2ccc(F)c(N)c2)nc2ccccc21. The van der Waals surface area contributed by atoms with Gasteiger partial charge in [0.15, 0.2) is 0 Å². The Morgan fingerprint density at radius 2 is 2.00 bits per heavy atom. The van der Waals surface area contributed by atoms with E-state index in [1.807, 2.05) is 24.3 Å². The van der Waals surface area contributed by atoms with Crippen LogP contribution in [0.4, 0.5) is 10.1 Å². The van der Waals surface area contributed by atoms with Crippen molar-refractivity contribution in [2.24, 2.45) is 0 Å². The normalized spacial score (nSPS) is 11.1.